The van der Waals surface area contributed by atoms with E-state index < -0.39 is 22.3 Å². The Morgan fingerprint density at radius 2 is 2.20 bits per heavy atom. The number of carbonyl (C=O) groups is 2. The summed E-state index contributed by atoms with van der Waals surface area (Å²) in [6.07, 6.45) is 1.22. The van der Waals surface area contributed by atoms with Crippen molar-refractivity contribution in [1.29, 1.82) is 0 Å². The third-order valence-corrected chi connectivity index (χ3v) is 3.16. The van der Waals surface area contributed by atoms with Crippen LogP contribution in [0.1, 0.15) is 46.0 Å². The van der Waals surface area contributed by atoms with Crippen molar-refractivity contribution in [3.8, 4) is 5.75 Å². The monoisotopic (exact) mass is 279 g/mol. The molecule has 0 unspecified atom stereocenters. The second-order valence-corrected chi connectivity index (χ2v) is 4.41. The highest BCUT2D eigenvalue weighted by atomic mass is 16.6. The van der Waals surface area contributed by atoms with Gasteiger partial charge in [-0.25, -0.2) is 4.79 Å². The fourth-order valence-corrected chi connectivity index (χ4v) is 2.33. The quantitative estimate of drug-likeness (QED) is 0.515. The van der Waals surface area contributed by atoms with Crippen LogP contribution in [0, 0.1) is 10.1 Å². The molecule has 0 atom stereocenters. The molecule has 0 saturated carbocycles. The summed E-state index contributed by atoms with van der Waals surface area (Å²) < 4.78 is 4.75. The van der Waals surface area contributed by atoms with E-state index in [2.05, 4.69) is 0 Å². The number of rotatable bonds is 3. The minimum atomic E-state index is -0.839. The number of benzene rings is 1. The van der Waals surface area contributed by atoms with Crippen molar-refractivity contribution < 1.29 is 24.4 Å². The number of nitrogens with zero attached hydrogens (tertiary/aromatic N) is 1. The highest BCUT2D eigenvalue weighted by molar-refractivity contribution is 6.06. The van der Waals surface area contributed by atoms with E-state index in [4.69, 9.17) is 4.74 Å². The van der Waals surface area contributed by atoms with Gasteiger partial charge in [0.25, 0.3) is 0 Å². The maximum atomic E-state index is 11.8. The van der Waals surface area contributed by atoms with Crippen LogP contribution in [0.15, 0.2) is 6.07 Å². The molecule has 0 bridgehead atoms. The Kier molecular flexibility index (Phi) is 3.69. The summed E-state index contributed by atoms with van der Waals surface area (Å²) in [6.45, 7) is 1.67. The number of phenols is 1. The van der Waals surface area contributed by atoms with Crippen LogP contribution in [-0.4, -0.2) is 28.4 Å². The average molecular weight is 279 g/mol. The number of carbonyl (C=O) groups excluding carboxylic acids is 2. The van der Waals surface area contributed by atoms with Crippen molar-refractivity contribution >= 4 is 17.4 Å². The van der Waals surface area contributed by atoms with E-state index in [1.54, 1.807) is 6.92 Å². The van der Waals surface area contributed by atoms with Crippen molar-refractivity contribution in [1.82, 2.24) is 0 Å². The molecule has 0 heterocycles. The molecule has 0 spiro atoms. The number of nitro groups is 1. The van der Waals surface area contributed by atoms with Gasteiger partial charge in [0.15, 0.2) is 5.78 Å². The first-order chi connectivity index (χ1) is 9.47. The Bertz CT molecular complexity index is 607. The van der Waals surface area contributed by atoms with Crippen LogP contribution < -0.4 is 0 Å². The van der Waals surface area contributed by atoms with E-state index in [-0.39, 0.29) is 29.9 Å². The summed E-state index contributed by atoms with van der Waals surface area (Å²) in [6, 6.07) is 1.31. The van der Waals surface area contributed by atoms with Gasteiger partial charge in [0, 0.05) is 6.42 Å². The van der Waals surface area contributed by atoms with Gasteiger partial charge in [0.1, 0.15) is 11.1 Å². The van der Waals surface area contributed by atoms with Crippen LogP contribution in [0.5, 0.6) is 5.75 Å². The molecule has 1 N–H and O–H groups in total. The van der Waals surface area contributed by atoms with Gasteiger partial charge < -0.3 is 9.84 Å². The van der Waals surface area contributed by atoms with Gasteiger partial charge in [-0.2, -0.15) is 0 Å². The Balaban J connectivity index is 2.69. The van der Waals surface area contributed by atoms with Gasteiger partial charge in [-0.3, -0.25) is 14.9 Å². The summed E-state index contributed by atoms with van der Waals surface area (Å²) in [7, 11) is 0. The molecular weight excluding hydrogens is 266 g/mol. The zero-order chi connectivity index (χ0) is 14.9. The summed E-state index contributed by atoms with van der Waals surface area (Å²) in [5.41, 5.74) is -0.650. The number of fused-ring (bicyclic) bond motifs is 1. The van der Waals surface area contributed by atoms with Gasteiger partial charge in [-0.05, 0) is 31.4 Å². The first-order valence-electron chi connectivity index (χ1n) is 6.20. The van der Waals surface area contributed by atoms with Gasteiger partial charge in [-0.15, -0.1) is 0 Å². The van der Waals surface area contributed by atoms with E-state index in [9.17, 15) is 24.8 Å². The third kappa shape index (κ3) is 2.22. The zero-order valence-electron chi connectivity index (χ0n) is 10.8. The van der Waals surface area contributed by atoms with Crippen LogP contribution in [0.3, 0.4) is 0 Å². The number of ketones is 1. The van der Waals surface area contributed by atoms with E-state index in [0.717, 1.165) is 0 Å². The molecule has 7 nitrogen and oxygen atoms in total. The molecule has 0 amide bonds. The molecule has 1 aliphatic rings. The number of esters is 1. The van der Waals surface area contributed by atoms with Crippen LogP contribution >= 0.6 is 0 Å². The molecule has 20 heavy (non-hydrogen) atoms. The van der Waals surface area contributed by atoms with Crippen LogP contribution in [0.2, 0.25) is 0 Å². The average Bonchev–Trinajstić information content (AvgIpc) is 2.38. The minimum Gasteiger partial charge on any atom is -0.501 e. The second-order valence-electron chi connectivity index (χ2n) is 4.41. The van der Waals surface area contributed by atoms with Crippen LogP contribution in [0.25, 0.3) is 0 Å². The number of hydrogen-bond acceptors (Lipinski definition) is 6. The Morgan fingerprint density at radius 3 is 2.80 bits per heavy atom. The maximum absolute atomic E-state index is 11.8. The van der Waals surface area contributed by atoms with E-state index in [0.29, 0.717) is 18.4 Å². The lowest BCUT2D eigenvalue weighted by atomic mass is 9.87. The fourth-order valence-electron chi connectivity index (χ4n) is 2.33. The molecule has 1 aromatic carbocycles. The molecule has 0 aromatic heterocycles. The van der Waals surface area contributed by atoms with Crippen LogP contribution in [0.4, 0.5) is 5.69 Å². The number of Topliss-reactive ketones (excluding diaryl/α,β-unsaturated/α-hetero) is 1. The standard InChI is InChI=1S/C13H13NO6/c1-2-20-13(17)8-6-7-4-3-5-9(15)10(7)11(12(8)16)14(18)19/h6,16H,2-5H2,1H3. The van der Waals surface area contributed by atoms with E-state index in [1.165, 1.54) is 6.07 Å². The molecule has 106 valence electrons. The number of nitro benzene ring substituents is 1. The van der Waals surface area contributed by atoms with Crippen LogP contribution in [-0.2, 0) is 11.2 Å². The molecular formula is C13H13NO6. The lowest BCUT2D eigenvalue weighted by Crippen LogP contribution is -2.16. The smallest absolute Gasteiger partial charge is 0.342 e. The molecule has 0 fully saturated rings. The molecule has 0 aliphatic heterocycles. The number of ether oxygens (including phenoxy) is 1. The van der Waals surface area contributed by atoms with E-state index in [1.807, 2.05) is 0 Å². The van der Waals surface area contributed by atoms with Crippen molar-refractivity contribution in [3.05, 3.63) is 32.9 Å². The Hall–Kier alpha value is -2.44. The topological polar surface area (TPSA) is 107 Å². The Morgan fingerprint density at radius 1 is 1.50 bits per heavy atom. The maximum Gasteiger partial charge on any atom is 0.342 e. The van der Waals surface area contributed by atoms with Gasteiger partial charge >= 0.3 is 11.7 Å². The normalized spacial score (nSPS) is 13.8. The molecule has 2 rings (SSSR count). The number of aryl methyl sites for hydroxylation is 1. The largest absolute Gasteiger partial charge is 0.501 e. The van der Waals surface area contributed by atoms with Gasteiger partial charge in [-0.1, -0.05) is 0 Å². The lowest BCUT2D eigenvalue weighted by molar-refractivity contribution is -0.386. The van der Waals surface area contributed by atoms with Crippen molar-refractivity contribution in [2.75, 3.05) is 6.61 Å². The molecule has 7 heteroatoms. The summed E-state index contributed by atoms with van der Waals surface area (Å²) >= 11 is 0. The predicted molar refractivity (Wildman–Crippen MR) is 68.0 cm³/mol. The number of aromatic hydroxyl groups is 1. The third-order valence-electron chi connectivity index (χ3n) is 3.16. The Labute approximate surface area is 114 Å². The molecule has 1 aliphatic carbocycles. The fraction of sp³-hybridized carbons (Fsp3) is 0.385. The molecule has 0 saturated heterocycles. The first-order valence-corrected chi connectivity index (χ1v) is 6.20. The predicted octanol–water partition coefficient (Wildman–Crippen LogP) is 2.00. The number of hydrogen-bond donors (Lipinski definition) is 1. The van der Waals surface area contributed by atoms with Crippen molar-refractivity contribution in [2.24, 2.45) is 0 Å². The molecule has 1 aromatic rings. The highest BCUT2D eigenvalue weighted by Gasteiger charge is 2.34. The second kappa shape index (κ2) is 5.28. The summed E-state index contributed by atoms with van der Waals surface area (Å²) in [5, 5.41) is 21.0. The summed E-state index contributed by atoms with van der Waals surface area (Å²) in [4.78, 5) is 33.8. The molecule has 0 radical (unpaired) electrons. The lowest BCUT2D eigenvalue weighted by Gasteiger charge is -2.16. The number of phenolic OH excluding ortho intramolecular Hbond substituents is 1. The minimum absolute atomic E-state index is 0.0854. The highest BCUT2D eigenvalue weighted by Crippen LogP contribution is 2.39. The van der Waals surface area contributed by atoms with E-state index >= 15 is 0 Å². The SMILES string of the molecule is CCOC(=O)c1cc2c(c([N+](=O)[O-])c1O)C(=O)CCC2. The van der Waals surface area contributed by atoms with Crippen molar-refractivity contribution in [3.63, 3.8) is 0 Å². The van der Waals surface area contributed by atoms with Crippen molar-refractivity contribution in [2.45, 2.75) is 26.2 Å². The van der Waals surface area contributed by atoms with Gasteiger partial charge in [0.05, 0.1) is 11.5 Å². The first kappa shape index (κ1) is 14.0. The van der Waals surface area contributed by atoms with Gasteiger partial charge in [0.2, 0.25) is 5.75 Å². The summed E-state index contributed by atoms with van der Waals surface area (Å²) in [5.74, 6) is -2.03. The zero-order valence-corrected chi connectivity index (χ0v) is 10.8.